The van der Waals surface area contributed by atoms with Gasteiger partial charge in [-0.2, -0.15) is 0 Å². The minimum atomic E-state index is 0.400. The maximum absolute atomic E-state index is 4.77. The van der Waals surface area contributed by atoms with Gasteiger partial charge in [-0.1, -0.05) is 65.8 Å². The third kappa shape index (κ3) is 3.56. The summed E-state index contributed by atoms with van der Waals surface area (Å²) >= 11 is 0. The summed E-state index contributed by atoms with van der Waals surface area (Å²) in [7, 11) is 0. The Labute approximate surface area is 145 Å². The van der Waals surface area contributed by atoms with Gasteiger partial charge < -0.3 is 0 Å². The van der Waals surface area contributed by atoms with E-state index < -0.39 is 0 Å². The molecule has 0 spiro atoms. The lowest BCUT2D eigenvalue weighted by atomic mass is 9.94. The van der Waals surface area contributed by atoms with E-state index in [1.165, 1.54) is 33.4 Å². The van der Waals surface area contributed by atoms with Crippen molar-refractivity contribution in [2.24, 2.45) is 4.99 Å². The van der Waals surface area contributed by atoms with Crippen molar-refractivity contribution >= 4 is 11.9 Å². The standard InChI is InChI=1S/C23H25N/c1-16-9-10-21(15-16)22-8-6-5-7-20(22)11-12-24-23-18(3)13-17(2)14-19(23)4/h5-10,12-15,21H,11H2,1-4H3. The zero-order valence-corrected chi connectivity index (χ0v) is 15.0. The van der Waals surface area contributed by atoms with Crippen molar-refractivity contribution in [1.82, 2.24) is 0 Å². The van der Waals surface area contributed by atoms with Crippen LogP contribution in [-0.4, -0.2) is 6.21 Å². The number of rotatable bonds is 4. The third-order valence-electron chi connectivity index (χ3n) is 4.59. The number of nitrogens with zero attached hydrogens (tertiary/aromatic N) is 1. The number of hydrogen-bond donors (Lipinski definition) is 0. The van der Waals surface area contributed by atoms with Gasteiger partial charge in [0.1, 0.15) is 0 Å². The van der Waals surface area contributed by atoms with Gasteiger partial charge in [-0.3, -0.25) is 4.99 Å². The zero-order valence-electron chi connectivity index (χ0n) is 15.0. The van der Waals surface area contributed by atoms with Crippen LogP contribution in [0.25, 0.3) is 0 Å². The monoisotopic (exact) mass is 315 g/mol. The van der Waals surface area contributed by atoms with Crippen molar-refractivity contribution in [1.29, 1.82) is 0 Å². The molecule has 0 aromatic heterocycles. The average molecular weight is 315 g/mol. The van der Waals surface area contributed by atoms with E-state index in [1.807, 2.05) is 0 Å². The van der Waals surface area contributed by atoms with Crippen molar-refractivity contribution in [3.8, 4) is 0 Å². The molecule has 0 saturated heterocycles. The van der Waals surface area contributed by atoms with Gasteiger partial charge in [0.05, 0.1) is 5.69 Å². The van der Waals surface area contributed by atoms with E-state index in [2.05, 4.69) is 88.5 Å². The normalized spacial score (nSPS) is 16.8. The Balaban J connectivity index is 1.82. The quantitative estimate of drug-likeness (QED) is 0.599. The van der Waals surface area contributed by atoms with Crippen LogP contribution in [-0.2, 0) is 6.42 Å². The van der Waals surface area contributed by atoms with Gasteiger partial charge in [0.15, 0.2) is 0 Å². The molecule has 0 fully saturated rings. The molecule has 1 nitrogen and oxygen atoms in total. The van der Waals surface area contributed by atoms with Crippen molar-refractivity contribution in [3.63, 3.8) is 0 Å². The van der Waals surface area contributed by atoms with Crippen LogP contribution in [0, 0.1) is 20.8 Å². The molecular weight excluding hydrogens is 290 g/mol. The van der Waals surface area contributed by atoms with Gasteiger partial charge in [0.25, 0.3) is 0 Å². The predicted molar refractivity (Wildman–Crippen MR) is 105 cm³/mol. The molecule has 1 atom stereocenters. The highest BCUT2D eigenvalue weighted by atomic mass is 14.7. The molecule has 1 heteroatoms. The van der Waals surface area contributed by atoms with Crippen LogP contribution in [0.5, 0.6) is 0 Å². The zero-order chi connectivity index (χ0) is 17.1. The molecule has 0 N–H and O–H groups in total. The minimum Gasteiger partial charge on any atom is -0.260 e. The molecule has 122 valence electrons. The van der Waals surface area contributed by atoms with Crippen LogP contribution in [0.1, 0.15) is 40.7 Å². The summed E-state index contributed by atoms with van der Waals surface area (Å²) in [4.78, 5) is 4.77. The molecule has 0 radical (unpaired) electrons. The maximum atomic E-state index is 4.77. The first-order valence-electron chi connectivity index (χ1n) is 8.59. The summed E-state index contributed by atoms with van der Waals surface area (Å²) in [5.41, 5.74) is 8.97. The Morgan fingerprint density at radius 3 is 2.38 bits per heavy atom. The highest BCUT2D eigenvalue weighted by Crippen LogP contribution is 2.29. The van der Waals surface area contributed by atoms with E-state index in [-0.39, 0.29) is 0 Å². The van der Waals surface area contributed by atoms with Crippen molar-refractivity contribution in [3.05, 3.63) is 88.0 Å². The molecule has 0 bridgehead atoms. The molecule has 0 heterocycles. The van der Waals surface area contributed by atoms with Crippen molar-refractivity contribution < 1.29 is 0 Å². The van der Waals surface area contributed by atoms with Gasteiger partial charge in [-0.25, -0.2) is 0 Å². The topological polar surface area (TPSA) is 12.4 Å². The predicted octanol–water partition coefficient (Wildman–Crippen LogP) is 6.16. The molecule has 24 heavy (non-hydrogen) atoms. The maximum Gasteiger partial charge on any atom is 0.0684 e. The van der Waals surface area contributed by atoms with Gasteiger partial charge in [0, 0.05) is 18.6 Å². The highest BCUT2D eigenvalue weighted by molar-refractivity contribution is 5.70. The summed E-state index contributed by atoms with van der Waals surface area (Å²) < 4.78 is 0. The first kappa shape index (κ1) is 16.4. The largest absolute Gasteiger partial charge is 0.260 e. The lowest BCUT2D eigenvalue weighted by Gasteiger charge is -2.11. The molecule has 0 aliphatic heterocycles. The van der Waals surface area contributed by atoms with E-state index in [0.29, 0.717) is 5.92 Å². The van der Waals surface area contributed by atoms with E-state index in [0.717, 1.165) is 12.1 Å². The summed E-state index contributed by atoms with van der Waals surface area (Å²) in [5, 5.41) is 0. The second-order valence-corrected chi connectivity index (χ2v) is 6.76. The summed E-state index contributed by atoms with van der Waals surface area (Å²) in [5.74, 6) is 0.400. The van der Waals surface area contributed by atoms with Crippen LogP contribution >= 0.6 is 0 Å². The van der Waals surface area contributed by atoms with Gasteiger partial charge >= 0.3 is 0 Å². The Kier molecular flexibility index (Phi) is 4.80. The van der Waals surface area contributed by atoms with Crippen molar-refractivity contribution in [2.45, 2.75) is 40.0 Å². The molecule has 3 rings (SSSR count). The van der Waals surface area contributed by atoms with Gasteiger partial charge in [0.2, 0.25) is 0 Å². The number of allylic oxidation sites excluding steroid dienone is 4. The van der Waals surface area contributed by atoms with Crippen LogP contribution in [0.4, 0.5) is 5.69 Å². The molecule has 1 aliphatic carbocycles. The molecule has 2 aromatic carbocycles. The fraction of sp³-hybridized carbons (Fsp3) is 0.261. The van der Waals surface area contributed by atoms with Crippen LogP contribution < -0.4 is 0 Å². The second kappa shape index (κ2) is 7.00. The molecule has 0 amide bonds. The number of aliphatic imine (C=N–C) groups is 1. The molecule has 0 saturated carbocycles. The molecule has 1 unspecified atom stereocenters. The van der Waals surface area contributed by atoms with Crippen LogP contribution in [0.2, 0.25) is 0 Å². The van der Waals surface area contributed by atoms with Crippen molar-refractivity contribution in [2.75, 3.05) is 0 Å². The van der Waals surface area contributed by atoms with Crippen LogP contribution in [0.15, 0.2) is 65.2 Å². The van der Waals surface area contributed by atoms with E-state index >= 15 is 0 Å². The SMILES string of the molecule is CC1=CC(c2ccccc2CC=Nc2c(C)cc(C)cc2C)C=C1. The fourth-order valence-corrected chi connectivity index (χ4v) is 3.50. The lowest BCUT2D eigenvalue weighted by molar-refractivity contribution is 1.06. The number of benzene rings is 2. The smallest absolute Gasteiger partial charge is 0.0684 e. The molecule has 2 aromatic rings. The first-order valence-corrected chi connectivity index (χ1v) is 8.59. The average Bonchev–Trinajstić information content (AvgIpc) is 2.96. The Morgan fingerprint density at radius 1 is 1.00 bits per heavy atom. The summed E-state index contributed by atoms with van der Waals surface area (Å²) in [6, 6.07) is 13.1. The summed E-state index contributed by atoms with van der Waals surface area (Å²) in [6.07, 6.45) is 9.72. The fourth-order valence-electron chi connectivity index (χ4n) is 3.50. The van der Waals surface area contributed by atoms with E-state index in [1.54, 1.807) is 0 Å². The third-order valence-corrected chi connectivity index (χ3v) is 4.59. The first-order chi connectivity index (χ1) is 11.5. The number of hydrogen-bond acceptors (Lipinski definition) is 1. The second-order valence-electron chi connectivity index (χ2n) is 6.76. The molecule has 1 aliphatic rings. The van der Waals surface area contributed by atoms with E-state index in [9.17, 15) is 0 Å². The summed E-state index contributed by atoms with van der Waals surface area (Å²) in [6.45, 7) is 8.56. The minimum absolute atomic E-state index is 0.400. The Hall–Kier alpha value is -2.41. The van der Waals surface area contributed by atoms with Crippen LogP contribution in [0.3, 0.4) is 0 Å². The Morgan fingerprint density at radius 2 is 1.71 bits per heavy atom. The van der Waals surface area contributed by atoms with E-state index in [4.69, 9.17) is 4.99 Å². The Bertz CT molecular complexity index is 814. The van der Waals surface area contributed by atoms with Gasteiger partial charge in [-0.05, 0) is 49.9 Å². The highest BCUT2D eigenvalue weighted by Gasteiger charge is 2.12. The number of aryl methyl sites for hydroxylation is 3. The lowest BCUT2D eigenvalue weighted by Crippen LogP contribution is -1.98. The van der Waals surface area contributed by atoms with Gasteiger partial charge in [-0.15, -0.1) is 0 Å². The molecular formula is C23H25N.